The second-order valence-electron chi connectivity index (χ2n) is 4.41. The lowest BCUT2D eigenvalue weighted by Gasteiger charge is -2.18. The zero-order valence-corrected chi connectivity index (χ0v) is 11.6. The summed E-state index contributed by atoms with van der Waals surface area (Å²) in [6.07, 6.45) is 0. The van der Waals surface area contributed by atoms with Crippen molar-refractivity contribution in [2.75, 3.05) is 20.2 Å². The van der Waals surface area contributed by atoms with Gasteiger partial charge in [0.15, 0.2) is 0 Å². The fraction of sp³-hybridized carbons (Fsp3) is 0.312. The number of hydrogen-bond donors (Lipinski definition) is 0. The number of carbonyl (C=O) groups excluding carboxylic acids is 1. The smallest absolute Gasteiger partial charge is 0.253 e. The highest BCUT2D eigenvalue weighted by atomic mass is 16.5. The molecule has 0 spiro atoms. The van der Waals surface area contributed by atoms with Crippen LogP contribution in [0.15, 0.2) is 36.4 Å². The van der Waals surface area contributed by atoms with E-state index in [1.54, 1.807) is 7.11 Å². The average Bonchev–Trinajstić information content (AvgIpc) is 2.47. The Bertz CT molecular complexity index is 588. The molecule has 0 aliphatic carbocycles. The molecule has 100 valence electrons. The number of rotatable bonds is 4. The lowest BCUT2D eigenvalue weighted by molar-refractivity contribution is 0.0773. The molecule has 0 aliphatic heterocycles. The molecule has 0 atom stereocenters. The molecule has 0 saturated carbocycles. The van der Waals surface area contributed by atoms with Crippen LogP contribution >= 0.6 is 0 Å². The van der Waals surface area contributed by atoms with E-state index >= 15 is 0 Å². The van der Waals surface area contributed by atoms with E-state index in [0.717, 1.165) is 35.2 Å². The summed E-state index contributed by atoms with van der Waals surface area (Å²) in [7, 11) is 1.65. The summed E-state index contributed by atoms with van der Waals surface area (Å²) in [5.41, 5.74) is 0.737. The van der Waals surface area contributed by atoms with Gasteiger partial charge in [0.05, 0.1) is 7.11 Å². The number of nitrogens with zero attached hydrogens (tertiary/aromatic N) is 1. The van der Waals surface area contributed by atoms with Gasteiger partial charge in [-0.3, -0.25) is 4.79 Å². The number of fused-ring (bicyclic) bond motifs is 1. The largest absolute Gasteiger partial charge is 0.497 e. The SMILES string of the molecule is CCN(CC)C(=O)c1ccc2cc(OC)ccc2c1. The lowest BCUT2D eigenvalue weighted by Crippen LogP contribution is -2.30. The number of hydrogen-bond acceptors (Lipinski definition) is 2. The lowest BCUT2D eigenvalue weighted by atomic mass is 10.1. The molecule has 19 heavy (non-hydrogen) atoms. The standard InChI is InChI=1S/C16H19NO2/c1-4-17(5-2)16(18)14-7-6-13-11-15(19-3)9-8-12(13)10-14/h6-11H,4-5H2,1-3H3. The molecule has 0 bridgehead atoms. The highest BCUT2D eigenvalue weighted by molar-refractivity contribution is 5.98. The molecule has 2 rings (SSSR count). The van der Waals surface area contributed by atoms with Crippen molar-refractivity contribution in [1.29, 1.82) is 0 Å². The first-order valence-corrected chi connectivity index (χ1v) is 6.56. The first-order chi connectivity index (χ1) is 9.19. The minimum absolute atomic E-state index is 0.0859. The monoisotopic (exact) mass is 257 g/mol. The van der Waals surface area contributed by atoms with E-state index < -0.39 is 0 Å². The molecule has 2 aromatic rings. The molecule has 0 aliphatic rings. The van der Waals surface area contributed by atoms with Gasteiger partial charge in [-0.2, -0.15) is 0 Å². The van der Waals surface area contributed by atoms with Gasteiger partial charge in [-0.05, 0) is 48.9 Å². The number of carbonyl (C=O) groups is 1. The number of amides is 1. The molecule has 3 heteroatoms. The fourth-order valence-electron chi connectivity index (χ4n) is 2.18. The third-order valence-corrected chi connectivity index (χ3v) is 3.35. The van der Waals surface area contributed by atoms with Gasteiger partial charge >= 0.3 is 0 Å². The van der Waals surface area contributed by atoms with Crippen molar-refractivity contribution in [3.05, 3.63) is 42.0 Å². The van der Waals surface area contributed by atoms with Crippen molar-refractivity contribution >= 4 is 16.7 Å². The van der Waals surface area contributed by atoms with Crippen LogP contribution < -0.4 is 4.74 Å². The summed E-state index contributed by atoms with van der Waals surface area (Å²) < 4.78 is 5.20. The summed E-state index contributed by atoms with van der Waals surface area (Å²) in [5.74, 6) is 0.915. The molecular formula is C16H19NO2. The van der Waals surface area contributed by atoms with Crippen molar-refractivity contribution in [1.82, 2.24) is 4.90 Å². The predicted molar refractivity (Wildman–Crippen MR) is 77.8 cm³/mol. The van der Waals surface area contributed by atoms with Gasteiger partial charge in [0.2, 0.25) is 0 Å². The Balaban J connectivity index is 2.39. The first kappa shape index (κ1) is 13.4. The van der Waals surface area contributed by atoms with Gasteiger partial charge in [-0.1, -0.05) is 12.1 Å². The minimum atomic E-state index is 0.0859. The van der Waals surface area contributed by atoms with Gasteiger partial charge in [0.1, 0.15) is 5.75 Å². The Morgan fingerprint density at radius 2 is 1.68 bits per heavy atom. The maximum absolute atomic E-state index is 12.3. The number of methoxy groups -OCH3 is 1. The Morgan fingerprint density at radius 1 is 1.05 bits per heavy atom. The third kappa shape index (κ3) is 2.70. The molecule has 0 unspecified atom stereocenters. The third-order valence-electron chi connectivity index (χ3n) is 3.35. The summed E-state index contributed by atoms with van der Waals surface area (Å²) >= 11 is 0. The summed E-state index contributed by atoms with van der Waals surface area (Å²) in [4.78, 5) is 14.1. The Kier molecular flexibility index (Phi) is 4.05. The van der Waals surface area contributed by atoms with Crippen molar-refractivity contribution in [3.63, 3.8) is 0 Å². The quantitative estimate of drug-likeness (QED) is 0.840. The van der Waals surface area contributed by atoms with E-state index in [-0.39, 0.29) is 5.91 Å². The molecule has 0 heterocycles. The van der Waals surface area contributed by atoms with Crippen LogP contribution in [0.5, 0.6) is 5.75 Å². The molecule has 0 radical (unpaired) electrons. The Morgan fingerprint density at radius 3 is 2.32 bits per heavy atom. The van der Waals surface area contributed by atoms with Crippen molar-refractivity contribution in [2.24, 2.45) is 0 Å². The highest BCUT2D eigenvalue weighted by Crippen LogP contribution is 2.22. The zero-order chi connectivity index (χ0) is 13.8. The maximum Gasteiger partial charge on any atom is 0.253 e. The van der Waals surface area contributed by atoms with Gasteiger partial charge < -0.3 is 9.64 Å². The molecule has 0 saturated heterocycles. The van der Waals surface area contributed by atoms with Crippen LogP contribution in [0.25, 0.3) is 10.8 Å². The maximum atomic E-state index is 12.3. The topological polar surface area (TPSA) is 29.5 Å². The van der Waals surface area contributed by atoms with Gasteiger partial charge in [0.25, 0.3) is 5.91 Å². The Hall–Kier alpha value is -2.03. The van der Waals surface area contributed by atoms with E-state index in [0.29, 0.717) is 0 Å². The van der Waals surface area contributed by atoms with Crippen LogP contribution in [0.2, 0.25) is 0 Å². The molecule has 3 nitrogen and oxygen atoms in total. The summed E-state index contributed by atoms with van der Waals surface area (Å²) in [6, 6.07) is 11.6. The summed E-state index contributed by atoms with van der Waals surface area (Å²) in [6.45, 7) is 5.45. The van der Waals surface area contributed by atoms with Gasteiger partial charge in [0, 0.05) is 18.7 Å². The molecule has 0 aromatic heterocycles. The second kappa shape index (κ2) is 5.74. The second-order valence-corrected chi connectivity index (χ2v) is 4.41. The minimum Gasteiger partial charge on any atom is -0.497 e. The van der Waals surface area contributed by atoms with E-state index in [4.69, 9.17) is 4.74 Å². The normalized spacial score (nSPS) is 10.5. The first-order valence-electron chi connectivity index (χ1n) is 6.56. The van der Waals surface area contributed by atoms with E-state index in [1.807, 2.05) is 55.1 Å². The van der Waals surface area contributed by atoms with Crippen LogP contribution in [-0.2, 0) is 0 Å². The Labute approximate surface area is 113 Å². The number of ether oxygens (including phenoxy) is 1. The van der Waals surface area contributed by atoms with Crippen LogP contribution in [0.1, 0.15) is 24.2 Å². The van der Waals surface area contributed by atoms with Crippen molar-refractivity contribution in [2.45, 2.75) is 13.8 Å². The van der Waals surface area contributed by atoms with E-state index in [1.165, 1.54) is 0 Å². The predicted octanol–water partition coefficient (Wildman–Crippen LogP) is 3.33. The van der Waals surface area contributed by atoms with Gasteiger partial charge in [-0.15, -0.1) is 0 Å². The highest BCUT2D eigenvalue weighted by Gasteiger charge is 2.12. The fourth-order valence-corrected chi connectivity index (χ4v) is 2.18. The molecule has 0 N–H and O–H groups in total. The van der Waals surface area contributed by atoms with Gasteiger partial charge in [-0.25, -0.2) is 0 Å². The average molecular weight is 257 g/mol. The van der Waals surface area contributed by atoms with Crippen molar-refractivity contribution < 1.29 is 9.53 Å². The van der Waals surface area contributed by atoms with Crippen LogP contribution in [0, 0.1) is 0 Å². The van der Waals surface area contributed by atoms with E-state index in [2.05, 4.69) is 0 Å². The van der Waals surface area contributed by atoms with E-state index in [9.17, 15) is 4.79 Å². The summed E-state index contributed by atoms with van der Waals surface area (Å²) in [5, 5.41) is 2.13. The zero-order valence-electron chi connectivity index (χ0n) is 11.6. The molecule has 1 amide bonds. The van der Waals surface area contributed by atoms with Crippen LogP contribution in [0.3, 0.4) is 0 Å². The molecular weight excluding hydrogens is 238 g/mol. The van der Waals surface area contributed by atoms with Crippen LogP contribution in [-0.4, -0.2) is 31.0 Å². The molecule has 0 fully saturated rings. The number of benzene rings is 2. The molecule has 2 aromatic carbocycles. The van der Waals surface area contributed by atoms with Crippen molar-refractivity contribution in [3.8, 4) is 5.75 Å². The van der Waals surface area contributed by atoms with Crippen LogP contribution in [0.4, 0.5) is 0 Å².